The third-order valence-corrected chi connectivity index (χ3v) is 9.03. The van der Waals surface area contributed by atoms with E-state index in [2.05, 4.69) is 0 Å². The molecule has 3 atom stereocenters. The molecule has 1 fully saturated rings. The lowest BCUT2D eigenvalue weighted by atomic mass is 9.87. The van der Waals surface area contributed by atoms with Crippen molar-refractivity contribution in [3.63, 3.8) is 0 Å². The number of rotatable bonds is 18. The average molecular weight is 862 g/mol. The SMILES string of the molecule is CC(C)(C)OC(=O)CN(CC(=O)OC(C)(C)C)[C@H](Cc1ccc(C(=O)O)cc1)CN(CC(=O)OC(C)(C)C)[C@H]1CCCC[C@@H]1N(CC(=O)OC(C)(C)C)CC(=O)OC(C)(C)C. The lowest BCUT2D eigenvalue weighted by molar-refractivity contribution is -0.164. The summed E-state index contributed by atoms with van der Waals surface area (Å²) in [5, 5.41) is 9.62. The molecule has 1 aromatic carbocycles. The zero-order valence-electron chi connectivity index (χ0n) is 39.6. The molecule has 2 rings (SSSR count). The van der Waals surface area contributed by atoms with Gasteiger partial charge in [0.25, 0.3) is 0 Å². The van der Waals surface area contributed by atoms with E-state index in [1.165, 1.54) is 12.1 Å². The molecule has 0 heterocycles. The highest BCUT2D eigenvalue weighted by Crippen LogP contribution is 2.30. The lowest BCUT2D eigenvalue weighted by Crippen LogP contribution is -2.60. The van der Waals surface area contributed by atoms with Crippen molar-refractivity contribution < 1.29 is 57.6 Å². The van der Waals surface area contributed by atoms with Crippen LogP contribution < -0.4 is 0 Å². The molecule has 1 saturated carbocycles. The molecule has 1 aromatic rings. The normalized spacial score (nSPS) is 17.1. The highest BCUT2D eigenvalue weighted by atomic mass is 16.6. The van der Waals surface area contributed by atoms with Crippen LogP contribution in [0.5, 0.6) is 0 Å². The van der Waals surface area contributed by atoms with Gasteiger partial charge < -0.3 is 28.8 Å². The first-order chi connectivity index (χ1) is 27.7. The Hall–Kier alpha value is -4.08. The molecule has 1 aliphatic carbocycles. The van der Waals surface area contributed by atoms with Crippen molar-refractivity contribution in [1.82, 2.24) is 14.7 Å². The summed E-state index contributed by atoms with van der Waals surface area (Å²) in [6, 6.07) is 4.78. The van der Waals surface area contributed by atoms with Gasteiger partial charge in [-0.25, -0.2) is 4.79 Å². The Morgan fingerprint density at radius 3 is 1.16 bits per heavy atom. The smallest absolute Gasteiger partial charge is 0.335 e. The molecule has 15 heteroatoms. The van der Waals surface area contributed by atoms with Gasteiger partial charge in [0.1, 0.15) is 28.0 Å². The molecule has 0 amide bonds. The first-order valence-corrected chi connectivity index (χ1v) is 21.3. The van der Waals surface area contributed by atoms with Crippen molar-refractivity contribution in [2.24, 2.45) is 0 Å². The van der Waals surface area contributed by atoms with E-state index in [9.17, 15) is 33.9 Å². The molecule has 0 bridgehead atoms. The molecule has 0 spiro atoms. The monoisotopic (exact) mass is 862 g/mol. The van der Waals surface area contributed by atoms with Crippen molar-refractivity contribution in [3.05, 3.63) is 35.4 Å². The molecule has 0 saturated heterocycles. The Balaban J connectivity index is 2.84. The molecule has 15 nitrogen and oxygen atoms in total. The molecule has 0 aliphatic heterocycles. The van der Waals surface area contributed by atoms with Crippen LogP contribution in [0.2, 0.25) is 0 Å². The highest BCUT2D eigenvalue weighted by molar-refractivity contribution is 5.87. The van der Waals surface area contributed by atoms with Crippen LogP contribution in [-0.2, 0) is 54.1 Å². The van der Waals surface area contributed by atoms with Gasteiger partial charge in [-0.1, -0.05) is 25.0 Å². The van der Waals surface area contributed by atoms with Gasteiger partial charge in [-0.2, -0.15) is 0 Å². The van der Waals surface area contributed by atoms with E-state index in [0.717, 1.165) is 12.8 Å². The van der Waals surface area contributed by atoms with E-state index in [1.807, 2.05) is 4.90 Å². The van der Waals surface area contributed by atoms with Crippen molar-refractivity contribution in [2.45, 2.75) is 182 Å². The minimum atomic E-state index is -1.09. The highest BCUT2D eigenvalue weighted by Gasteiger charge is 2.40. The first kappa shape index (κ1) is 53.1. The molecule has 1 N–H and O–H groups in total. The van der Waals surface area contributed by atoms with Crippen LogP contribution in [0.15, 0.2) is 24.3 Å². The summed E-state index contributed by atoms with van der Waals surface area (Å²) in [5.74, 6) is -3.83. The van der Waals surface area contributed by atoms with Gasteiger partial charge in [-0.15, -0.1) is 0 Å². The van der Waals surface area contributed by atoms with E-state index in [-0.39, 0.29) is 51.3 Å². The van der Waals surface area contributed by atoms with Gasteiger partial charge in [0.05, 0.1) is 38.3 Å². The summed E-state index contributed by atoms with van der Waals surface area (Å²) in [7, 11) is 0. The van der Waals surface area contributed by atoms with Crippen molar-refractivity contribution in [2.75, 3.05) is 39.3 Å². The Morgan fingerprint density at radius 1 is 0.525 bits per heavy atom. The van der Waals surface area contributed by atoms with Crippen LogP contribution in [0.3, 0.4) is 0 Å². The molecular weight excluding hydrogens is 787 g/mol. The number of hydrogen-bond donors (Lipinski definition) is 1. The van der Waals surface area contributed by atoms with Crippen LogP contribution in [0.4, 0.5) is 0 Å². The maximum absolute atomic E-state index is 13.9. The second-order valence-corrected chi connectivity index (χ2v) is 21.0. The lowest BCUT2D eigenvalue weighted by Gasteiger charge is -2.46. The summed E-state index contributed by atoms with van der Waals surface area (Å²) in [4.78, 5) is 85.3. The Kier molecular flexibility index (Phi) is 19.0. The standard InChI is InChI=1S/C46H75N3O12/c1-42(2,3)57-36(50)26-47(27-37(51)58-43(4,5)6)33(24-31-20-22-32(23-21-31)41(55)56)25-48(28-38(52)59-44(7,8)9)34-18-16-17-19-35(34)49(29-39(53)60-45(10,11)12)30-40(54)61-46(13,14)15/h20-23,33-35H,16-19,24-30H2,1-15H3,(H,55,56)/t33-,34+,35+/m1/s1. The van der Waals surface area contributed by atoms with Gasteiger partial charge in [0.2, 0.25) is 0 Å². The van der Waals surface area contributed by atoms with E-state index in [1.54, 1.807) is 126 Å². The molecule has 346 valence electrons. The maximum Gasteiger partial charge on any atom is 0.335 e. The molecule has 0 unspecified atom stereocenters. The number of aromatic carboxylic acids is 1. The number of carbonyl (C=O) groups excluding carboxylic acids is 5. The van der Waals surface area contributed by atoms with E-state index < -0.39 is 81.9 Å². The fourth-order valence-corrected chi connectivity index (χ4v) is 7.20. The summed E-state index contributed by atoms with van der Waals surface area (Å²) in [6.07, 6.45) is 2.92. The van der Waals surface area contributed by atoms with Gasteiger partial charge in [-0.05, 0) is 141 Å². The van der Waals surface area contributed by atoms with Gasteiger partial charge in [-0.3, -0.25) is 38.7 Å². The summed E-state index contributed by atoms with van der Waals surface area (Å²) in [6.45, 7) is 25.2. The number of carbonyl (C=O) groups is 6. The van der Waals surface area contributed by atoms with E-state index >= 15 is 0 Å². The molecule has 0 radical (unpaired) electrons. The predicted molar refractivity (Wildman–Crippen MR) is 231 cm³/mol. The number of carboxylic acids is 1. The number of nitrogens with zero attached hydrogens (tertiary/aromatic N) is 3. The zero-order valence-corrected chi connectivity index (χ0v) is 39.6. The minimum Gasteiger partial charge on any atom is -0.478 e. The Bertz CT molecular complexity index is 1580. The summed E-state index contributed by atoms with van der Waals surface area (Å²) in [5.41, 5.74) is -3.26. The molecular formula is C46H75N3O12. The van der Waals surface area contributed by atoms with Gasteiger partial charge in [0.15, 0.2) is 0 Å². The quantitative estimate of drug-likeness (QED) is 0.130. The van der Waals surface area contributed by atoms with Gasteiger partial charge >= 0.3 is 35.8 Å². The molecule has 0 aromatic heterocycles. The fourth-order valence-electron chi connectivity index (χ4n) is 7.20. The fraction of sp³-hybridized carbons (Fsp3) is 0.739. The number of carboxylic acid groups (broad SMARTS) is 1. The van der Waals surface area contributed by atoms with Crippen LogP contribution in [0.25, 0.3) is 0 Å². The Morgan fingerprint density at radius 2 is 0.836 bits per heavy atom. The van der Waals surface area contributed by atoms with Crippen LogP contribution in [0.1, 0.15) is 145 Å². The average Bonchev–Trinajstić information content (AvgIpc) is 3.03. The Labute approximate surface area is 364 Å². The van der Waals surface area contributed by atoms with Crippen LogP contribution >= 0.6 is 0 Å². The van der Waals surface area contributed by atoms with E-state index in [0.29, 0.717) is 18.4 Å². The van der Waals surface area contributed by atoms with Gasteiger partial charge in [0, 0.05) is 24.7 Å². The third kappa shape index (κ3) is 22.0. The third-order valence-electron chi connectivity index (χ3n) is 9.03. The maximum atomic E-state index is 13.9. The number of esters is 5. The van der Waals surface area contributed by atoms with Crippen molar-refractivity contribution in [1.29, 1.82) is 0 Å². The van der Waals surface area contributed by atoms with E-state index in [4.69, 9.17) is 23.7 Å². The van der Waals surface area contributed by atoms with Crippen LogP contribution in [0, 0.1) is 0 Å². The predicted octanol–water partition coefficient (Wildman–Crippen LogP) is 6.22. The topological polar surface area (TPSA) is 179 Å². The van der Waals surface area contributed by atoms with Crippen molar-refractivity contribution >= 4 is 35.8 Å². The number of hydrogen-bond acceptors (Lipinski definition) is 14. The summed E-state index contributed by atoms with van der Waals surface area (Å²) >= 11 is 0. The largest absolute Gasteiger partial charge is 0.478 e. The second-order valence-electron chi connectivity index (χ2n) is 21.0. The number of ether oxygens (including phenoxy) is 5. The first-order valence-electron chi connectivity index (χ1n) is 21.3. The second kappa shape index (κ2) is 21.8. The van der Waals surface area contributed by atoms with Crippen LogP contribution in [-0.4, -0.2) is 141 Å². The number of benzene rings is 1. The summed E-state index contributed by atoms with van der Waals surface area (Å²) < 4.78 is 28.8. The molecule has 1 aliphatic rings. The minimum absolute atomic E-state index is 0.0892. The zero-order chi connectivity index (χ0) is 46.7. The molecule has 61 heavy (non-hydrogen) atoms. The van der Waals surface area contributed by atoms with Crippen molar-refractivity contribution in [3.8, 4) is 0 Å².